The average Bonchev–Trinajstić information content (AvgIpc) is 2.95. The molecule has 0 saturated carbocycles. The molecule has 1 amide bonds. The van der Waals surface area contributed by atoms with E-state index in [-0.39, 0.29) is 5.56 Å². The van der Waals surface area contributed by atoms with E-state index in [2.05, 4.69) is 20.5 Å². The summed E-state index contributed by atoms with van der Waals surface area (Å²) in [4.78, 5) is 26.5. The van der Waals surface area contributed by atoms with Crippen molar-refractivity contribution in [1.82, 2.24) is 15.2 Å². The molecular weight excluding hydrogens is 336 g/mol. The number of rotatable bonds is 3. The lowest BCUT2D eigenvalue weighted by molar-refractivity contribution is 0.102. The molecule has 3 rings (SSSR count). The maximum Gasteiger partial charge on any atom is 0.263 e. The summed E-state index contributed by atoms with van der Waals surface area (Å²) in [6, 6.07) is 10.3. The first-order valence-corrected chi connectivity index (χ1v) is 7.83. The highest BCUT2D eigenvalue weighted by atomic mass is 35.5. The normalized spacial score (nSPS) is 10.5. The van der Waals surface area contributed by atoms with Crippen LogP contribution in [0.4, 0.5) is 5.13 Å². The van der Waals surface area contributed by atoms with Crippen molar-refractivity contribution in [2.75, 3.05) is 5.32 Å². The molecule has 0 unspecified atom stereocenters. The minimum Gasteiger partial charge on any atom is -0.326 e. The number of halogens is 1. The number of benzene rings is 1. The van der Waals surface area contributed by atoms with Crippen molar-refractivity contribution in [2.24, 2.45) is 0 Å². The quantitative estimate of drug-likeness (QED) is 0.762. The molecule has 2 heterocycles. The van der Waals surface area contributed by atoms with E-state index in [9.17, 15) is 9.59 Å². The van der Waals surface area contributed by atoms with Crippen LogP contribution in [-0.4, -0.2) is 21.1 Å². The molecule has 2 aromatic heterocycles. The van der Waals surface area contributed by atoms with Crippen molar-refractivity contribution in [3.05, 3.63) is 63.0 Å². The Morgan fingerprint density at radius 3 is 2.83 bits per heavy atom. The highest BCUT2D eigenvalue weighted by Gasteiger charge is 2.14. The number of nitrogens with zero attached hydrogens (tertiary/aromatic N) is 2. The fourth-order valence-electron chi connectivity index (χ4n) is 1.93. The van der Waals surface area contributed by atoms with Crippen molar-refractivity contribution in [3.8, 4) is 10.6 Å². The molecule has 8 heteroatoms. The monoisotopic (exact) mass is 346 g/mol. The van der Waals surface area contributed by atoms with Gasteiger partial charge in [0.1, 0.15) is 10.6 Å². The Bertz CT molecular complexity index is 935. The molecule has 0 aliphatic heterocycles. The van der Waals surface area contributed by atoms with Gasteiger partial charge in [-0.1, -0.05) is 35.1 Å². The Morgan fingerprint density at radius 1 is 1.26 bits per heavy atom. The van der Waals surface area contributed by atoms with E-state index < -0.39 is 11.5 Å². The number of amides is 1. The van der Waals surface area contributed by atoms with E-state index in [1.165, 1.54) is 17.4 Å². The van der Waals surface area contributed by atoms with E-state index in [0.717, 1.165) is 5.56 Å². The minimum atomic E-state index is -0.528. The first kappa shape index (κ1) is 15.4. The van der Waals surface area contributed by atoms with Gasteiger partial charge in [-0.05, 0) is 31.2 Å². The molecule has 0 aliphatic rings. The number of carbonyl (C=O) groups excluding carboxylic acids is 1. The van der Waals surface area contributed by atoms with E-state index >= 15 is 0 Å². The van der Waals surface area contributed by atoms with Gasteiger partial charge < -0.3 is 4.98 Å². The Hall–Kier alpha value is -2.51. The second kappa shape index (κ2) is 6.31. The molecule has 0 radical (unpaired) electrons. The van der Waals surface area contributed by atoms with Gasteiger partial charge in [0.05, 0.1) is 0 Å². The summed E-state index contributed by atoms with van der Waals surface area (Å²) >= 11 is 7.15. The highest BCUT2D eigenvalue weighted by Crippen LogP contribution is 2.28. The van der Waals surface area contributed by atoms with Crippen molar-refractivity contribution in [2.45, 2.75) is 6.92 Å². The van der Waals surface area contributed by atoms with Crippen LogP contribution in [-0.2, 0) is 0 Å². The largest absolute Gasteiger partial charge is 0.326 e. The molecule has 23 heavy (non-hydrogen) atoms. The van der Waals surface area contributed by atoms with Crippen molar-refractivity contribution in [1.29, 1.82) is 0 Å². The zero-order valence-corrected chi connectivity index (χ0v) is 13.5. The number of aromatic nitrogens is 3. The fraction of sp³-hybridized carbons (Fsp3) is 0.0667. The Balaban J connectivity index is 1.81. The second-order valence-electron chi connectivity index (χ2n) is 4.76. The fourth-order valence-corrected chi connectivity index (χ4v) is 2.85. The van der Waals surface area contributed by atoms with Gasteiger partial charge in [0.15, 0.2) is 0 Å². The predicted octanol–water partition coefficient (Wildman–Crippen LogP) is 3.11. The number of aryl methyl sites for hydroxylation is 1. The SMILES string of the molecule is Cc1ccc(C(=O)Nc2nnc(-c3cccc(Cl)c3)s2)c(=O)[nH]1. The van der Waals surface area contributed by atoms with Crippen LogP contribution in [0.1, 0.15) is 16.1 Å². The van der Waals surface area contributed by atoms with Gasteiger partial charge in [0, 0.05) is 16.3 Å². The molecule has 6 nitrogen and oxygen atoms in total. The van der Waals surface area contributed by atoms with Crippen LogP contribution >= 0.6 is 22.9 Å². The molecule has 0 saturated heterocycles. The third kappa shape index (κ3) is 3.46. The van der Waals surface area contributed by atoms with Gasteiger partial charge in [0.2, 0.25) is 5.13 Å². The number of anilines is 1. The average molecular weight is 347 g/mol. The van der Waals surface area contributed by atoms with Crippen molar-refractivity contribution >= 4 is 34.0 Å². The van der Waals surface area contributed by atoms with Crippen LogP contribution in [0.3, 0.4) is 0 Å². The summed E-state index contributed by atoms with van der Waals surface area (Å²) in [5.74, 6) is -0.528. The smallest absolute Gasteiger partial charge is 0.263 e. The van der Waals surface area contributed by atoms with E-state index in [1.807, 2.05) is 12.1 Å². The first-order chi connectivity index (χ1) is 11.0. The predicted molar refractivity (Wildman–Crippen MR) is 90.1 cm³/mol. The molecule has 116 valence electrons. The van der Waals surface area contributed by atoms with Gasteiger partial charge in [-0.3, -0.25) is 14.9 Å². The van der Waals surface area contributed by atoms with Crippen LogP contribution in [0.25, 0.3) is 10.6 Å². The van der Waals surface area contributed by atoms with Crippen molar-refractivity contribution in [3.63, 3.8) is 0 Å². The molecule has 0 spiro atoms. The van der Waals surface area contributed by atoms with E-state index in [0.29, 0.717) is 20.9 Å². The summed E-state index contributed by atoms with van der Waals surface area (Å²) in [6.07, 6.45) is 0. The Morgan fingerprint density at radius 2 is 2.09 bits per heavy atom. The lowest BCUT2D eigenvalue weighted by Crippen LogP contribution is -2.23. The Kier molecular flexibility index (Phi) is 4.22. The number of aromatic amines is 1. The zero-order chi connectivity index (χ0) is 16.4. The van der Waals surface area contributed by atoms with Gasteiger partial charge in [-0.2, -0.15) is 0 Å². The summed E-state index contributed by atoms with van der Waals surface area (Å²) in [5.41, 5.74) is 1.08. The molecule has 3 aromatic rings. The Labute approximate surface area is 140 Å². The maximum absolute atomic E-state index is 12.1. The van der Waals surface area contributed by atoms with Gasteiger partial charge in [-0.15, -0.1) is 10.2 Å². The summed E-state index contributed by atoms with van der Waals surface area (Å²) in [6.45, 7) is 1.74. The molecule has 0 fully saturated rings. The lowest BCUT2D eigenvalue weighted by atomic mass is 10.2. The number of H-pyrrole nitrogens is 1. The van der Waals surface area contributed by atoms with Crippen LogP contribution < -0.4 is 10.9 Å². The molecular formula is C15H11ClN4O2S. The molecule has 2 N–H and O–H groups in total. The van der Waals surface area contributed by atoms with Crippen molar-refractivity contribution < 1.29 is 4.79 Å². The topological polar surface area (TPSA) is 87.7 Å². The highest BCUT2D eigenvalue weighted by molar-refractivity contribution is 7.18. The zero-order valence-electron chi connectivity index (χ0n) is 12.0. The third-order valence-corrected chi connectivity index (χ3v) is 4.14. The maximum atomic E-state index is 12.1. The standard InChI is InChI=1S/C15H11ClN4O2S/c1-8-5-6-11(12(21)17-8)13(22)18-15-20-19-14(23-15)9-3-2-4-10(16)7-9/h2-7H,1H3,(H,17,21)(H,18,20,22). The third-order valence-electron chi connectivity index (χ3n) is 3.02. The van der Waals surface area contributed by atoms with Crippen LogP contribution in [0.5, 0.6) is 0 Å². The second-order valence-corrected chi connectivity index (χ2v) is 6.17. The number of carbonyl (C=O) groups is 1. The first-order valence-electron chi connectivity index (χ1n) is 6.63. The minimum absolute atomic E-state index is 0.0232. The molecule has 1 aromatic carbocycles. The molecule has 0 atom stereocenters. The van der Waals surface area contributed by atoms with Gasteiger partial charge in [0.25, 0.3) is 11.5 Å². The molecule has 0 bridgehead atoms. The number of nitrogens with one attached hydrogen (secondary N) is 2. The summed E-state index contributed by atoms with van der Waals surface area (Å²) in [5, 5.41) is 12.0. The number of hydrogen-bond acceptors (Lipinski definition) is 5. The lowest BCUT2D eigenvalue weighted by Gasteiger charge is -2.00. The molecule has 0 aliphatic carbocycles. The van der Waals surface area contributed by atoms with E-state index in [4.69, 9.17) is 11.6 Å². The van der Waals surface area contributed by atoms with Crippen LogP contribution in [0.2, 0.25) is 5.02 Å². The number of hydrogen-bond donors (Lipinski definition) is 2. The number of pyridine rings is 1. The van der Waals surface area contributed by atoms with Crippen LogP contribution in [0.15, 0.2) is 41.2 Å². The summed E-state index contributed by atoms with van der Waals surface area (Å²) < 4.78 is 0. The van der Waals surface area contributed by atoms with Gasteiger partial charge in [-0.25, -0.2) is 0 Å². The van der Waals surface area contributed by atoms with Crippen LogP contribution in [0, 0.1) is 6.92 Å². The summed E-state index contributed by atoms with van der Waals surface area (Å²) in [7, 11) is 0. The van der Waals surface area contributed by atoms with Gasteiger partial charge >= 0.3 is 0 Å². The van der Waals surface area contributed by atoms with E-state index in [1.54, 1.807) is 25.1 Å².